The SMILES string of the molecule is COC(=O)c1c(-c2cc(OC)c(OC)c(OC)c2)c2ccc(-c3nn[nH]n3)nc2c(=O)n1-c1ccc(N)cc1. The molecule has 0 amide bonds. The molecular formula is C26H23N7O6. The highest BCUT2D eigenvalue weighted by Crippen LogP contribution is 2.43. The number of aromatic amines is 1. The molecule has 13 heteroatoms. The number of fused-ring (bicyclic) bond motifs is 1. The zero-order valence-electron chi connectivity index (χ0n) is 21.4. The number of carbonyl (C=O) groups is 1. The number of hydrogen-bond donors (Lipinski definition) is 2. The van der Waals surface area contributed by atoms with E-state index >= 15 is 0 Å². The molecule has 0 aliphatic rings. The number of nitrogens with zero attached hydrogens (tertiary/aromatic N) is 5. The number of ether oxygens (including phenoxy) is 4. The molecule has 39 heavy (non-hydrogen) atoms. The van der Waals surface area contributed by atoms with E-state index < -0.39 is 11.5 Å². The topological polar surface area (TPSA) is 169 Å². The van der Waals surface area contributed by atoms with Crippen LogP contribution in [0.25, 0.3) is 39.2 Å². The van der Waals surface area contributed by atoms with Gasteiger partial charge in [-0.15, -0.1) is 10.2 Å². The highest BCUT2D eigenvalue weighted by Gasteiger charge is 2.28. The summed E-state index contributed by atoms with van der Waals surface area (Å²) in [6.07, 6.45) is 0. The van der Waals surface area contributed by atoms with Crippen LogP contribution in [-0.4, -0.2) is 64.6 Å². The Hall–Kier alpha value is -5.46. The van der Waals surface area contributed by atoms with E-state index in [1.165, 1.54) is 33.0 Å². The van der Waals surface area contributed by atoms with Crippen LogP contribution < -0.4 is 25.5 Å². The first-order chi connectivity index (χ1) is 18.9. The minimum Gasteiger partial charge on any atom is -0.493 e. The van der Waals surface area contributed by atoms with E-state index in [-0.39, 0.29) is 17.0 Å². The molecule has 0 spiro atoms. The van der Waals surface area contributed by atoms with E-state index in [4.69, 9.17) is 24.7 Å². The minimum absolute atomic E-state index is 0.0387. The summed E-state index contributed by atoms with van der Waals surface area (Å²) in [5, 5.41) is 14.2. The lowest BCUT2D eigenvalue weighted by Gasteiger charge is -2.20. The Labute approximate surface area is 221 Å². The monoisotopic (exact) mass is 529 g/mol. The number of H-pyrrole nitrogens is 1. The molecule has 13 nitrogen and oxygen atoms in total. The normalized spacial score (nSPS) is 10.9. The van der Waals surface area contributed by atoms with Gasteiger partial charge in [0.1, 0.15) is 16.9 Å². The zero-order chi connectivity index (χ0) is 27.7. The quantitative estimate of drug-likeness (QED) is 0.235. The van der Waals surface area contributed by atoms with Crippen molar-refractivity contribution in [2.75, 3.05) is 34.2 Å². The number of rotatable bonds is 7. The van der Waals surface area contributed by atoms with Crippen molar-refractivity contribution in [3.8, 4) is 45.6 Å². The maximum atomic E-state index is 14.0. The molecule has 3 heterocycles. The van der Waals surface area contributed by atoms with Crippen LogP contribution in [-0.2, 0) is 4.74 Å². The lowest BCUT2D eigenvalue weighted by atomic mass is 9.97. The van der Waals surface area contributed by atoms with Gasteiger partial charge in [-0.1, -0.05) is 0 Å². The minimum atomic E-state index is -0.753. The van der Waals surface area contributed by atoms with Gasteiger partial charge in [0.25, 0.3) is 5.56 Å². The van der Waals surface area contributed by atoms with Gasteiger partial charge in [-0.05, 0) is 59.3 Å². The molecule has 0 fully saturated rings. The van der Waals surface area contributed by atoms with Gasteiger partial charge in [-0.2, -0.15) is 5.21 Å². The molecule has 0 radical (unpaired) electrons. The Morgan fingerprint density at radius 3 is 2.21 bits per heavy atom. The van der Waals surface area contributed by atoms with Gasteiger partial charge in [0, 0.05) is 22.3 Å². The molecule has 0 bridgehead atoms. The molecule has 0 aliphatic carbocycles. The summed E-state index contributed by atoms with van der Waals surface area (Å²) in [7, 11) is 5.68. The molecule has 0 saturated heterocycles. The molecule has 3 aromatic heterocycles. The standard InChI is InChI=1S/C26H23N7O6/c1-36-18-11-13(12-19(37-2)23(18)38-3)20-16-9-10-17(24-29-31-32-30-24)28-21(16)25(34)33(22(20)26(35)39-4)15-7-5-14(27)6-8-15/h5-12H,27H2,1-4H3,(H,29,30,31,32). The lowest BCUT2D eigenvalue weighted by Crippen LogP contribution is -2.27. The first-order valence-electron chi connectivity index (χ1n) is 11.5. The Bertz CT molecular complexity index is 1720. The smallest absolute Gasteiger partial charge is 0.355 e. The van der Waals surface area contributed by atoms with Crippen molar-refractivity contribution >= 4 is 22.6 Å². The number of pyridine rings is 2. The highest BCUT2D eigenvalue weighted by molar-refractivity contribution is 6.07. The predicted octanol–water partition coefficient (Wildman–Crippen LogP) is 2.63. The average molecular weight is 530 g/mol. The molecular weight excluding hydrogens is 506 g/mol. The Balaban J connectivity index is 1.98. The Morgan fingerprint density at radius 1 is 0.949 bits per heavy atom. The summed E-state index contributed by atoms with van der Waals surface area (Å²) in [6.45, 7) is 0. The number of anilines is 1. The van der Waals surface area contributed by atoms with Crippen molar-refractivity contribution < 1.29 is 23.7 Å². The van der Waals surface area contributed by atoms with Crippen molar-refractivity contribution in [2.45, 2.75) is 0 Å². The van der Waals surface area contributed by atoms with Crippen LogP contribution in [0.4, 0.5) is 5.69 Å². The number of esters is 1. The second-order valence-corrected chi connectivity index (χ2v) is 8.19. The van der Waals surface area contributed by atoms with Crippen LogP contribution in [0, 0.1) is 0 Å². The van der Waals surface area contributed by atoms with Gasteiger partial charge >= 0.3 is 5.97 Å². The van der Waals surface area contributed by atoms with Crippen LogP contribution in [0.3, 0.4) is 0 Å². The van der Waals surface area contributed by atoms with E-state index in [9.17, 15) is 9.59 Å². The average Bonchev–Trinajstić information content (AvgIpc) is 3.51. The molecule has 5 rings (SSSR count). The van der Waals surface area contributed by atoms with Gasteiger partial charge in [0.15, 0.2) is 11.5 Å². The van der Waals surface area contributed by atoms with E-state index in [2.05, 4.69) is 25.6 Å². The molecule has 3 N–H and O–H groups in total. The van der Waals surface area contributed by atoms with E-state index in [0.717, 1.165) is 0 Å². The maximum Gasteiger partial charge on any atom is 0.355 e. The van der Waals surface area contributed by atoms with Gasteiger partial charge in [-0.3, -0.25) is 9.36 Å². The second-order valence-electron chi connectivity index (χ2n) is 8.19. The first-order valence-corrected chi connectivity index (χ1v) is 11.5. The lowest BCUT2D eigenvalue weighted by molar-refractivity contribution is 0.0591. The number of nitrogens with two attached hydrogens (primary N) is 1. The molecule has 0 atom stereocenters. The largest absolute Gasteiger partial charge is 0.493 e. The number of benzene rings is 2. The van der Waals surface area contributed by atoms with Crippen LogP contribution in [0.5, 0.6) is 17.2 Å². The number of nitrogens with one attached hydrogen (secondary N) is 1. The third kappa shape index (κ3) is 4.25. The maximum absolute atomic E-state index is 14.0. The number of hydrogen-bond acceptors (Lipinski definition) is 11. The van der Waals surface area contributed by atoms with Gasteiger partial charge in [0.05, 0.1) is 28.4 Å². The summed E-state index contributed by atoms with van der Waals surface area (Å²) in [5.74, 6) is 0.491. The predicted molar refractivity (Wildman–Crippen MR) is 141 cm³/mol. The van der Waals surface area contributed by atoms with Gasteiger partial charge < -0.3 is 24.7 Å². The summed E-state index contributed by atoms with van der Waals surface area (Å²) in [5.41, 5.74) is 7.31. The summed E-state index contributed by atoms with van der Waals surface area (Å²) >= 11 is 0. The number of aromatic nitrogens is 6. The third-order valence-electron chi connectivity index (χ3n) is 6.09. The molecule has 5 aromatic rings. The van der Waals surface area contributed by atoms with Crippen LogP contribution in [0.2, 0.25) is 0 Å². The van der Waals surface area contributed by atoms with Gasteiger partial charge in [-0.25, -0.2) is 9.78 Å². The molecule has 0 saturated carbocycles. The van der Waals surface area contributed by atoms with Crippen molar-refractivity contribution in [3.05, 3.63) is 64.6 Å². The molecule has 0 unspecified atom stereocenters. The first kappa shape index (κ1) is 25.2. The zero-order valence-corrected chi connectivity index (χ0v) is 21.4. The number of tetrazole rings is 1. The Morgan fingerprint density at radius 2 is 1.64 bits per heavy atom. The molecule has 198 valence electrons. The van der Waals surface area contributed by atoms with Crippen LogP contribution in [0.15, 0.2) is 53.3 Å². The molecule has 2 aromatic carbocycles. The number of nitrogen functional groups attached to an aromatic ring is 1. The summed E-state index contributed by atoms with van der Waals surface area (Å²) in [4.78, 5) is 32.0. The van der Waals surface area contributed by atoms with E-state index in [1.54, 1.807) is 48.5 Å². The van der Waals surface area contributed by atoms with E-state index in [1.807, 2.05) is 0 Å². The number of carbonyl (C=O) groups excluding carboxylic acids is 1. The van der Waals surface area contributed by atoms with Gasteiger partial charge in [0.2, 0.25) is 11.6 Å². The third-order valence-corrected chi connectivity index (χ3v) is 6.09. The van der Waals surface area contributed by atoms with Crippen molar-refractivity contribution in [1.29, 1.82) is 0 Å². The number of methoxy groups -OCH3 is 4. The second kappa shape index (κ2) is 10.1. The highest BCUT2D eigenvalue weighted by atomic mass is 16.5. The molecule has 0 aliphatic heterocycles. The fraction of sp³-hybridized carbons (Fsp3) is 0.154. The van der Waals surface area contributed by atoms with Crippen molar-refractivity contribution in [2.24, 2.45) is 0 Å². The Kier molecular flexibility index (Phi) is 6.54. The van der Waals surface area contributed by atoms with Crippen LogP contribution in [0.1, 0.15) is 10.5 Å². The van der Waals surface area contributed by atoms with Crippen LogP contribution >= 0.6 is 0 Å². The van der Waals surface area contributed by atoms with E-state index in [0.29, 0.717) is 50.8 Å². The fourth-order valence-corrected chi connectivity index (χ4v) is 4.34. The van der Waals surface area contributed by atoms with Crippen molar-refractivity contribution in [1.82, 2.24) is 30.2 Å². The fourth-order valence-electron chi connectivity index (χ4n) is 4.34. The van der Waals surface area contributed by atoms with Crippen molar-refractivity contribution in [3.63, 3.8) is 0 Å². The summed E-state index contributed by atoms with van der Waals surface area (Å²) < 4.78 is 23.0. The summed E-state index contributed by atoms with van der Waals surface area (Å²) in [6, 6.07) is 13.1.